The van der Waals surface area contributed by atoms with Crippen molar-refractivity contribution in [1.29, 1.82) is 0 Å². The summed E-state index contributed by atoms with van der Waals surface area (Å²) >= 11 is 0. The smallest absolute Gasteiger partial charge is 0.00703 e. The quantitative estimate of drug-likeness (QED) is 0.582. The third-order valence-electron chi connectivity index (χ3n) is 3.63. The van der Waals surface area contributed by atoms with Crippen LogP contribution in [0.3, 0.4) is 0 Å². The van der Waals surface area contributed by atoms with Crippen molar-refractivity contribution in [1.82, 2.24) is 10.2 Å². The molecule has 0 radical (unpaired) electrons. The van der Waals surface area contributed by atoms with Crippen molar-refractivity contribution in [2.75, 3.05) is 26.7 Å². The fourth-order valence-corrected chi connectivity index (χ4v) is 2.87. The van der Waals surface area contributed by atoms with Gasteiger partial charge in [0.2, 0.25) is 0 Å². The number of hydrogen-bond acceptors (Lipinski definition) is 2. The molecular formula is C10H20N2. The minimum absolute atomic E-state index is 0.631. The van der Waals surface area contributed by atoms with E-state index >= 15 is 0 Å². The molecule has 1 spiro atoms. The Hall–Kier alpha value is -0.0800. The molecule has 0 aromatic rings. The lowest BCUT2D eigenvalue weighted by Gasteiger charge is -2.33. The van der Waals surface area contributed by atoms with Crippen molar-refractivity contribution < 1.29 is 0 Å². The van der Waals surface area contributed by atoms with Gasteiger partial charge in [-0.05, 0) is 45.2 Å². The monoisotopic (exact) mass is 168 g/mol. The Kier molecular flexibility index (Phi) is 2.13. The highest BCUT2D eigenvalue weighted by Crippen LogP contribution is 2.38. The highest BCUT2D eigenvalue weighted by Gasteiger charge is 2.40. The Morgan fingerprint density at radius 1 is 1.50 bits per heavy atom. The number of hydrogen-bond donors (Lipinski definition) is 1. The molecule has 2 atom stereocenters. The van der Waals surface area contributed by atoms with Crippen LogP contribution >= 0.6 is 0 Å². The van der Waals surface area contributed by atoms with Crippen LogP contribution in [0.1, 0.15) is 26.2 Å². The first-order valence-electron chi connectivity index (χ1n) is 5.13. The minimum Gasteiger partial charge on any atom is -0.316 e. The van der Waals surface area contributed by atoms with Crippen molar-refractivity contribution >= 4 is 0 Å². The molecule has 0 saturated carbocycles. The first-order chi connectivity index (χ1) is 5.72. The van der Waals surface area contributed by atoms with Gasteiger partial charge in [0, 0.05) is 19.1 Å². The van der Waals surface area contributed by atoms with Crippen LogP contribution in [0, 0.1) is 5.41 Å². The molecule has 2 saturated heterocycles. The topological polar surface area (TPSA) is 15.3 Å². The molecule has 2 nitrogen and oxygen atoms in total. The van der Waals surface area contributed by atoms with Crippen molar-refractivity contribution in [3.05, 3.63) is 0 Å². The summed E-state index contributed by atoms with van der Waals surface area (Å²) in [5.41, 5.74) is 0.631. The summed E-state index contributed by atoms with van der Waals surface area (Å²) in [4.78, 5) is 2.51. The Morgan fingerprint density at radius 2 is 2.33 bits per heavy atom. The molecule has 1 N–H and O–H groups in total. The van der Waals surface area contributed by atoms with Crippen LogP contribution in [-0.2, 0) is 0 Å². The summed E-state index contributed by atoms with van der Waals surface area (Å²) in [6, 6.07) is 0.796. The van der Waals surface area contributed by atoms with Gasteiger partial charge in [-0.3, -0.25) is 0 Å². The fraction of sp³-hybridized carbons (Fsp3) is 1.00. The lowest BCUT2D eigenvalue weighted by Crippen LogP contribution is -2.41. The fourth-order valence-electron chi connectivity index (χ4n) is 2.87. The van der Waals surface area contributed by atoms with Gasteiger partial charge >= 0.3 is 0 Å². The number of likely N-dealkylation sites (tertiary alicyclic amines) is 1. The van der Waals surface area contributed by atoms with E-state index in [-0.39, 0.29) is 0 Å². The van der Waals surface area contributed by atoms with E-state index in [4.69, 9.17) is 0 Å². The highest BCUT2D eigenvalue weighted by molar-refractivity contribution is 4.96. The third kappa shape index (κ3) is 1.38. The molecule has 0 aliphatic carbocycles. The van der Waals surface area contributed by atoms with Gasteiger partial charge in [-0.25, -0.2) is 0 Å². The van der Waals surface area contributed by atoms with Crippen molar-refractivity contribution in [2.24, 2.45) is 5.41 Å². The molecule has 2 heterocycles. The van der Waals surface area contributed by atoms with E-state index in [0.29, 0.717) is 5.41 Å². The molecule has 0 bridgehead atoms. The van der Waals surface area contributed by atoms with Gasteiger partial charge in [-0.1, -0.05) is 0 Å². The molecule has 70 valence electrons. The molecule has 0 amide bonds. The Morgan fingerprint density at radius 3 is 2.83 bits per heavy atom. The Balaban J connectivity index is 2.02. The van der Waals surface area contributed by atoms with Crippen LogP contribution in [0.2, 0.25) is 0 Å². The van der Waals surface area contributed by atoms with Crippen LogP contribution in [0.4, 0.5) is 0 Å². The molecule has 2 aliphatic heterocycles. The second-order valence-electron chi connectivity index (χ2n) is 4.75. The van der Waals surface area contributed by atoms with Crippen molar-refractivity contribution in [3.8, 4) is 0 Å². The lowest BCUT2D eigenvalue weighted by molar-refractivity contribution is 0.213. The molecule has 12 heavy (non-hydrogen) atoms. The van der Waals surface area contributed by atoms with Crippen LogP contribution in [0.15, 0.2) is 0 Å². The average molecular weight is 168 g/mol. The van der Waals surface area contributed by atoms with E-state index in [1.165, 1.54) is 38.9 Å². The van der Waals surface area contributed by atoms with Crippen molar-refractivity contribution in [3.63, 3.8) is 0 Å². The summed E-state index contributed by atoms with van der Waals surface area (Å²) in [6.07, 6.45) is 4.21. The first-order valence-corrected chi connectivity index (χ1v) is 5.13. The second kappa shape index (κ2) is 3.00. The van der Waals surface area contributed by atoms with E-state index in [1.807, 2.05) is 0 Å². The predicted octanol–water partition coefficient (Wildman–Crippen LogP) is 1.08. The maximum atomic E-state index is 3.53. The second-order valence-corrected chi connectivity index (χ2v) is 4.75. The van der Waals surface area contributed by atoms with Gasteiger partial charge in [0.15, 0.2) is 0 Å². The number of nitrogens with one attached hydrogen (secondary N) is 1. The van der Waals surface area contributed by atoms with Gasteiger partial charge in [0.05, 0.1) is 0 Å². The molecule has 2 rings (SSSR count). The predicted molar refractivity (Wildman–Crippen MR) is 51.2 cm³/mol. The Labute approximate surface area is 75.3 Å². The maximum Gasteiger partial charge on any atom is 0.00703 e. The lowest BCUT2D eigenvalue weighted by atomic mass is 9.79. The zero-order chi connectivity index (χ0) is 8.60. The van der Waals surface area contributed by atoms with Crippen LogP contribution in [-0.4, -0.2) is 37.6 Å². The summed E-state index contributed by atoms with van der Waals surface area (Å²) in [5, 5.41) is 3.53. The largest absolute Gasteiger partial charge is 0.316 e. The molecule has 2 heteroatoms. The number of rotatable bonds is 0. The summed E-state index contributed by atoms with van der Waals surface area (Å²) in [7, 11) is 2.26. The summed E-state index contributed by atoms with van der Waals surface area (Å²) in [6.45, 7) is 6.14. The summed E-state index contributed by atoms with van der Waals surface area (Å²) in [5.74, 6) is 0. The summed E-state index contributed by atoms with van der Waals surface area (Å²) < 4.78 is 0. The van der Waals surface area contributed by atoms with E-state index < -0.39 is 0 Å². The van der Waals surface area contributed by atoms with E-state index in [9.17, 15) is 0 Å². The van der Waals surface area contributed by atoms with E-state index in [1.54, 1.807) is 0 Å². The van der Waals surface area contributed by atoms with Gasteiger partial charge in [0.1, 0.15) is 0 Å². The van der Waals surface area contributed by atoms with Crippen molar-refractivity contribution in [2.45, 2.75) is 32.2 Å². The zero-order valence-corrected chi connectivity index (χ0v) is 8.27. The number of nitrogens with zero attached hydrogens (tertiary/aromatic N) is 1. The minimum atomic E-state index is 0.631. The standard InChI is InChI=1S/C10H20N2/c1-9-6-10(8-12(9)2)4-3-5-11-7-10/h9,11H,3-8H2,1-2H3. The maximum absolute atomic E-state index is 3.53. The van der Waals surface area contributed by atoms with Crippen LogP contribution in [0.5, 0.6) is 0 Å². The molecular weight excluding hydrogens is 148 g/mol. The zero-order valence-electron chi connectivity index (χ0n) is 8.27. The average Bonchev–Trinajstić information content (AvgIpc) is 2.29. The molecule has 0 aromatic heterocycles. The molecule has 2 aliphatic rings. The van der Waals surface area contributed by atoms with Gasteiger partial charge in [-0.2, -0.15) is 0 Å². The molecule has 2 unspecified atom stereocenters. The first kappa shape index (κ1) is 8.52. The van der Waals surface area contributed by atoms with E-state index in [0.717, 1.165) is 6.04 Å². The van der Waals surface area contributed by atoms with Gasteiger partial charge in [-0.15, -0.1) is 0 Å². The highest BCUT2D eigenvalue weighted by atomic mass is 15.2. The normalized spacial score (nSPS) is 44.0. The van der Waals surface area contributed by atoms with Crippen LogP contribution in [0.25, 0.3) is 0 Å². The van der Waals surface area contributed by atoms with Gasteiger partial charge < -0.3 is 10.2 Å². The SMILES string of the molecule is CC1CC2(CCCNC2)CN1C. The number of piperidine rings is 1. The van der Waals surface area contributed by atoms with Gasteiger partial charge in [0.25, 0.3) is 0 Å². The molecule has 0 aromatic carbocycles. The molecule has 2 fully saturated rings. The Bertz CT molecular complexity index is 149. The van der Waals surface area contributed by atoms with Crippen LogP contribution < -0.4 is 5.32 Å². The van der Waals surface area contributed by atoms with E-state index in [2.05, 4.69) is 24.2 Å². The third-order valence-corrected chi connectivity index (χ3v) is 3.63.